The molecule has 6 nitrogen and oxygen atoms in total. The number of carbonyl (C=O) groups excluding carboxylic acids is 1. The number of carboxylic acids is 1. The summed E-state index contributed by atoms with van der Waals surface area (Å²) >= 11 is 5.99. The quantitative estimate of drug-likeness (QED) is 0.878. The third-order valence-electron chi connectivity index (χ3n) is 3.06. The van der Waals surface area contributed by atoms with E-state index in [4.69, 9.17) is 16.7 Å². The normalized spacial score (nSPS) is 19.4. The van der Waals surface area contributed by atoms with E-state index in [1.807, 2.05) is 0 Å². The second-order valence-corrected chi connectivity index (χ2v) is 4.92. The summed E-state index contributed by atoms with van der Waals surface area (Å²) in [4.78, 5) is 27.8. The van der Waals surface area contributed by atoms with Crippen molar-refractivity contribution < 1.29 is 14.7 Å². The number of nitrogens with zero attached hydrogens (tertiary/aromatic N) is 2. The lowest BCUT2D eigenvalue weighted by Crippen LogP contribution is -2.43. The molecule has 0 saturated carbocycles. The van der Waals surface area contributed by atoms with Gasteiger partial charge in [-0.05, 0) is 12.5 Å². The molecule has 7 heteroatoms. The molecule has 0 radical (unpaired) electrons. The van der Waals surface area contributed by atoms with Crippen LogP contribution in [0.25, 0.3) is 0 Å². The molecule has 0 aromatic carbocycles. The lowest BCUT2D eigenvalue weighted by molar-refractivity contribution is -0.132. The molecular weight excluding hydrogens is 270 g/mol. The fourth-order valence-electron chi connectivity index (χ4n) is 1.98. The molecule has 2 rings (SSSR count). The lowest BCUT2D eigenvalue weighted by Gasteiger charge is -2.30. The molecule has 1 aliphatic rings. The number of pyridine rings is 1. The highest BCUT2D eigenvalue weighted by Crippen LogP contribution is 2.23. The SMILES string of the molecule is CN1CC(Nc2ncc(C(=O)O)cc2Cl)CCC1=O. The average Bonchev–Trinajstić information content (AvgIpc) is 2.36. The van der Waals surface area contributed by atoms with Crippen molar-refractivity contribution in [3.8, 4) is 0 Å². The number of hydrogen-bond acceptors (Lipinski definition) is 4. The minimum absolute atomic E-state index is 0.0477. The summed E-state index contributed by atoms with van der Waals surface area (Å²) < 4.78 is 0. The van der Waals surface area contributed by atoms with E-state index >= 15 is 0 Å². The van der Waals surface area contributed by atoms with Crippen LogP contribution in [0.2, 0.25) is 5.02 Å². The standard InChI is InChI=1S/C12H14ClN3O3/c1-16-6-8(2-3-10(16)17)15-11-9(13)4-7(5-14-11)12(18)19/h4-5,8H,2-3,6H2,1H3,(H,14,15)(H,18,19). The molecule has 102 valence electrons. The van der Waals surface area contributed by atoms with Crippen LogP contribution >= 0.6 is 11.6 Å². The minimum Gasteiger partial charge on any atom is -0.478 e. The van der Waals surface area contributed by atoms with Gasteiger partial charge >= 0.3 is 5.97 Å². The highest BCUT2D eigenvalue weighted by molar-refractivity contribution is 6.33. The number of aromatic nitrogens is 1. The summed E-state index contributed by atoms with van der Waals surface area (Å²) in [6, 6.07) is 1.43. The lowest BCUT2D eigenvalue weighted by atomic mass is 10.1. The first-order valence-corrected chi connectivity index (χ1v) is 6.24. The number of likely N-dealkylation sites (tertiary alicyclic amines) is 1. The Hall–Kier alpha value is -1.82. The molecule has 0 bridgehead atoms. The monoisotopic (exact) mass is 283 g/mol. The molecule has 2 N–H and O–H groups in total. The molecule has 1 aromatic heterocycles. The number of aromatic carboxylic acids is 1. The van der Waals surface area contributed by atoms with E-state index in [2.05, 4.69) is 10.3 Å². The van der Waals surface area contributed by atoms with Crippen molar-refractivity contribution in [1.29, 1.82) is 0 Å². The number of halogens is 1. The number of amides is 1. The van der Waals surface area contributed by atoms with E-state index in [1.165, 1.54) is 12.3 Å². The number of nitrogens with one attached hydrogen (secondary N) is 1. The zero-order valence-electron chi connectivity index (χ0n) is 10.4. The molecule has 1 amide bonds. The van der Waals surface area contributed by atoms with Gasteiger partial charge in [0.05, 0.1) is 10.6 Å². The summed E-state index contributed by atoms with van der Waals surface area (Å²) in [5.41, 5.74) is 0.0477. The van der Waals surface area contributed by atoms with Crippen molar-refractivity contribution in [2.45, 2.75) is 18.9 Å². The van der Waals surface area contributed by atoms with Gasteiger partial charge in [-0.25, -0.2) is 9.78 Å². The van der Waals surface area contributed by atoms with Gasteiger partial charge in [0.2, 0.25) is 5.91 Å². The van der Waals surface area contributed by atoms with Gasteiger partial charge in [0.15, 0.2) is 0 Å². The van der Waals surface area contributed by atoms with Gasteiger partial charge in [0.1, 0.15) is 5.82 Å². The second-order valence-electron chi connectivity index (χ2n) is 4.51. The number of anilines is 1. The van der Waals surface area contributed by atoms with E-state index in [9.17, 15) is 9.59 Å². The molecule has 1 saturated heterocycles. The Balaban J connectivity index is 2.07. The Labute approximate surface area is 115 Å². The largest absolute Gasteiger partial charge is 0.478 e. The summed E-state index contributed by atoms with van der Waals surface area (Å²) in [7, 11) is 1.75. The molecule has 2 heterocycles. The second kappa shape index (κ2) is 5.44. The Morgan fingerprint density at radius 3 is 2.95 bits per heavy atom. The van der Waals surface area contributed by atoms with Crippen molar-refractivity contribution in [3.63, 3.8) is 0 Å². The predicted molar refractivity (Wildman–Crippen MR) is 70.5 cm³/mol. The fraction of sp³-hybridized carbons (Fsp3) is 0.417. The van der Waals surface area contributed by atoms with E-state index in [1.54, 1.807) is 11.9 Å². The summed E-state index contributed by atoms with van der Waals surface area (Å²) in [5.74, 6) is -0.498. The van der Waals surface area contributed by atoms with Gasteiger partial charge in [-0.2, -0.15) is 0 Å². The van der Waals surface area contributed by atoms with Crippen LogP contribution in [-0.2, 0) is 4.79 Å². The topological polar surface area (TPSA) is 82.5 Å². The highest BCUT2D eigenvalue weighted by Gasteiger charge is 2.23. The van der Waals surface area contributed by atoms with Crippen LogP contribution in [0.3, 0.4) is 0 Å². The van der Waals surface area contributed by atoms with Crippen LogP contribution in [0.1, 0.15) is 23.2 Å². The molecule has 1 unspecified atom stereocenters. The molecule has 19 heavy (non-hydrogen) atoms. The van der Waals surface area contributed by atoms with Crippen molar-refractivity contribution in [1.82, 2.24) is 9.88 Å². The number of hydrogen-bond donors (Lipinski definition) is 2. The smallest absolute Gasteiger partial charge is 0.337 e. The molecular formula is C12H14ClN3O3. The highest BCUT2D eigenvalue weighted by atomic mass is 35.5. The number of rotatable bonds is 3. The average molecular weight is 284 g/mol. The van der Waals surface area contributed by atoms with Crippen molar-refractivity contribution >= 4 is 29.3 Å². The first-order chi connectivity index (χ1) is 8.97. The summed E-state index contributed by atoms with van der Waals surface area (Å²) in [6.07, 6.45) is 2.45. The molecule has 1 aromatic rings. The van der Waals surface area contributed by atoms with Crippen molar-refractivity contribution in [2.75, 3.05) is 18.9 Å². The fourth-order valence-corrected chi connectivity index (χ4v) is 2.21. The maximum absolute atomic E-state index is 11.4. The molecule has 0 aliphatic carbocycles. The number of likely N-dealkylation sites (N-methyl/N-ethyl adjacent to an activating group) is 1. The minimum atomic E-state index is -1.07. The Bertz CT molecular complexity index is 521. The van der Waals surface area contributed by atoms with Gasteiger partial charge in [-0.3, -0.25) is 4.79 Å². The van der Waals surface area contributed by atoms with Crippen LogP contribution < -0.4 is 5.32 Å². The van der Waals surface area contributed by atoms with Crippen LogP contribution in [0.5, 0.6) is 0 Å². The van der Waals surface area contributed by atoms with Gasteiger partial charge in [0, 0.05) is 32.3 Å². The number of piperidine rings is 1. The first-order valence-electron chi connectivity index (χ1n) is 5.86. The van der Waals surface area contributed by atoms with E-state index in [0.29, 0.717) is 25.2 Å². The first kappa shape index (κ1) is 13.6. The van der Waals surface area contributed by atoms with Gasteiger partial charge in [-0.1, -0.05) is 11.6 Å². The Morgan fingerprint density at radius 2 is 2.37 bits per heavy atom. The third kappa shape index (κ3) is 3.14. The van der Waals surface area contributed by atoms with E-state index < -0.39 is 5.97 Å². The zero-order valence-corrected chi connectivity index (χ0v) is 11.1. The van der Waals surface area contributed by atoms with Gasteiger partial charge < -0.3 is 15.3 Å². The molecule has 1 aliphatic heterocycles. The van der Waals surface area contributed by atoms with Crippen LogP contribution in [0.4, 0.5) is 5.82 Å². The third-order valence-corrected chi connectivity index (χ3v) is 3.34. The summed E-state index contributed by atoms with van der Waals surface area (Å²) in [5, 5.41) is 12.2. The molecule has 1 atom stereocenters. The van der Waals surface area contributed by atoms with Crippen molar-refractivity contribution in [3.05, 3.63) is 22.8 Å². The van der Waals surface area contributed by atoms with Gasteiger partial charge in [-0.15, -0.1) is 0 Å². The van der Waals surface area contributed by atoms with E-state index in [0.717, 1.165) is 0 Å². The van der Waals surface area contributed by atoms with Crippen LogP contribution in [0.15, 0.2) is 12.3 Å². The van der Waals surface area contributed by atoms with Crippen molar-refractivity contribution in [2.24, 2.45) is 0 Å². The number of carbonyl (C=O) groups is 2. The van der Waals surface area contributed by atoms with E-state index in [-0.39, 0.29) is 22.5 Å². The zero-order chi connectivity index (χ0) is 14.0. The van der Waals surface area contributed by atoms with Crippen LogP contribution in [-0.4, -0.2) is 46.5 Å². The Kier molecular flexibility index (Phi) is 3.90. The number of carboxylic acid groups (broad SMARTS) is 1. The Morgan fingerprint density at radius 1 is 1.63 bits per heavy atom. The molecule has 1 fully saturated rings. The maximum atomic E-state index is 11.4. The molecule has 0 spiro atoms. The maximum Gasteiger partial charge on any atom is 0.337 e. The summed E-state index contributed by atoms with van der Waals surface area (Å²) in [6.45, 7) is 0.581. The van der Waals surface area contributed by atoms with Crippen LogP contribution in [0, 0.1) is 0 Å². The van der Waals surface area contributed by atoms with Gasteiger partial charge in [0.25, 0.3) is 0 Å². The predicted octanol–water partition coefficient (Wildman–Crippen LogP) is 1.47.